The van der Waals surface area contributed by atoms with Crippen molar-refractivity contribution in [2.24, 2.45) is 11.8 Å². The van der Waals surface area contributed by atoms with Gasteiger partial charge in [-0.3, -0.25) is 9.59 Å². The molecule has 112 valence electrons. The van der Waals surface area contributed by atoms with Crippen molar-refractivity contribution in [2.45, 2.75) is 39.8 Å². The van der Waals surface area contributed by atoms with Crippen LogP contribution in [-0.2, 0) is 34.2 Å². The third-order valence-electron chi connectivity index (χ3n) is 1.87. The fourth-order valence-electron chi connectivity index (χ4n) is 0.570. The molecule has 0 saturated heterocycles. The minimum atomic E-state index is -1.91. The Bertz CT molecular complexity index is 278. The molecule has 0 bridgehead atoms. The summed E-state index contributed by atoms with van der Waals surface area (Å²) in [6, 6.07) is -1.93. The summed E-state index contributed by atoms with van der Waals surface area (Å²) in [5.74, 6) is -2.26. The molecule has 0 aliphatic rings. The quantitative estimate of drug-likeness (QED) is 0.778. The summed E-state index contributed by atoms with van der Waals surface area (Å²) in [7, 11) is 0. The van der Waals surface area contributed by atoms with Crippen molar-refractivity contribution < 1.29 is 44.4 Å². The van der Waals surface area contributed by atoms with Gasteiger partial charge in [0.2, 0.25) is 0 Å². The number of aliphatic carboxylic acids is 2. The van der Waals surface area contributed by atoms with Gasteiger partial charge in [0, 0.05) is 0 Å². The monoisotopic (exact) mass is 363 g/mol. The molecule has 9 heteroatoms. The predicted molar refractivity (Wildman–Crippen MR) is 62.5 cm³/mol. The Morgan fingerprint density at radius 3 is 1.00 bits per heavy atom. The fourth-order valence-corrected chi connectivity index (χ4v) is 0.570. The van der Waals surface area contributed by atoms with Crippen LogP contribution in [-0.4, -0.2) is 34.2 Å². The topological polar surface area (TPSA) is 156 Å². The van der Waals surface area contributed by atoms with Gasteiger partial charge in [-0.2, -0.15) is 0 Å². The fraction of sp³-hybridized carbons (Fsp3) is 0.800. The predicted octanol–water partition coefficient (Wildman–Crippen LogP) is 2.06. The van der Waals surface area contributed by atoms with Crippen LogP contribution < -0.4 is 0 Å². The molecule has 0 aromatic heterocycles. The number of carboxylic acids is 2. The first-order valence-corrected chi connectivity index (χ1v) is 6.81. The van der Waals surface area contributed by atoms with Crippen molar-refractivity contribution in [2.75, 3.05) is 0 Å². The van der Waals surface area contributed by atoms with Crippen LogP contribution in [0.4, 0.5) is 0 Å². The summed E-state index contributed by atoms with van der Waals surface area (Å²) >= 11 is -1.91. The first-order valence-electron chi connectivity index (χ1n) is 5.29. The van der Waals surface area contributed by atoms with Crippen LogP contribution in [0.1, 0.15) is 27.7 Å². The number of carbonyl (C=O) groups is 2. The molecule has 0 radical (unpaired) electrons. The maximum absolute atomic E-state index is 9.95. The van der Waals surface area contributed by atoms with E-state index >= 15 is 0 Å². The van der Waals surface area contributed by atoms with E-state index < -0.39 is 41.6 Å². The van der Waals surface area contributed by atoms with Crippen LogP contribution in [0.3, 0.4) is 0 Å². The normalized spacial score (nSPS) is 12.2. The second kappa shape index (κ2) is 13.5. The van der Waals surface area contributed by atoms with Crippen molar-refractivity contribution in [3.63, 3.8) is 0 Å². The SMILES string of the molecule is CC(C)C([NH-])C(=O)O.CC(C)C([NH-])C(=O)O.[O]=[99Tc+3]=[O]. The number of carboxylic acid groups (broad SMARTS) is 2. The molecule has 2 unspecified atom stereocenters. The Hall–Kier alpha value is -0.891. The van der Waals surface area contributed by atoms with Gasteiger partial charge in [-0.15, -0.1) is 0 Å². The molecule has 0 aliphatic heterocycles. The average Bonchev–Trinajstić information content (AvgIpc) is 2.28. The van der Waals surface area contributed by atoms with E-state index in [9.17, 15) is 9.59 Å². The summed E-state index contributed by atoms with van der Waals surface area (Å²) < 4.78 is 17.0. The number of nitrogens with one attached hydrogen (secondary N) is 2. The molecule has 0 rings (SSSR count). The molecule has 0 spiro atoms. The van der Waals surface area contributed by atoms with E-state index in [1.54, 1.807) is 27.7 Å². The zero-order chi connectivity index (χ0) is 16.2. The van der Waals surface area contributed by atoms with Gasteiger partial charge in [0.05, 0.1) is 0 Å². The molecule has 2 atom stereocenters. The van der Waals surface area contributed by atoms with Gasteiger partial charge in [-0.25, -0.2) is 0 Å². The summed E-state index contributed by atoms with van der Waals surface area (Å²) in [5, 5.41) is 16.3. The molecule has 0 aliphatic carbocycles. The van der Waals surface area contributed by atoms with Crippen LogP contribution in [0.25, 0.3) is 11.5 Å². The van der Waals surface area contributed by atoms with Crippen LogP contribution in [0.2, 0.25) is 0 Å². The molecule has 19 heavy (non-hydrogen) atoms. The van der Waals surface area contributed by atoms with Crippen LogP contribution in [0, 0.1) is 11.8 Å². The van der Waals surface area contributed by atoms with Crippen LogP contribution in [0.15, 0.2) is 0 Å². The maximum atomic E-state index is 9.95. The van der Waals surface area contributed by atoms with Crippen molar-refractivity contribution >= 4 is 11.9 Å². The van der Waals surface area contributed by atoms with E-state index in [2.05, 4.69) is 0 Å². The molecule has 0 amide bonds. The Morgan fingerprint density at radius 2 is 1.00 bits per heavy atom. The standard InChI is InChI=1S/2C5H10NO2.2O.Tc/c2*1-3(2)4(6)5(7)8;;;/h2*3-4,6H,1-2H3,(H,7,8);;;/q2*-1;;;+3/i;;;;1+1. The Labute approximate surface area is 120 Å². The van der Waals surface area contributed by atoms with Crippen molar-refractivity contribution in [1.82, 2.24) is 0 Å². The molecule has 0 saturated carbocycles. The van der Waals surface area contributed by atoms with Gasteiger partial charge in [-0.1, -0.05) is 39.5 Å². The second-order valence-electron chi connectivity index (χ2n) is 4.18. The van der Waals surface area contributed by atoms with Crippen molar-refractivity contribution in [3.8, 4) is 0 Å². The second-order valence-corrected chi connectivity index (χ2v) is 4.49. The molecular weight excluding hydrogens is 343 g/mol. The number of hydrogen-bond acceptors (Lipinski definition) is 4. The molecule has 4 N–H and O–H groups in total. The molecule has 0 aromatic carbocycles. The van der Waals surface area contributed by atoms with Crippen LogP contribution in [0.5, 0.6) is 0 Å². The van der Waals surface area contributed by atoms with E-state index in [0.717, 1.165) is 0 Å². The minimum absolute atomic E-state index is 0.0903. The van der Waals surface area contributed by atoms with Gasteiger partial charge in [0.25, 0.3) is 11.9 Å². The first kappa shape index (κ1) is 23.2. The molecular formula is C10H20N2O6Tc+. The van der Waals surface area contributed by atoms with Crippen molar-refractivity contribution in [3.05, 3.63) is 11.5 Å². The molecule has 0 aromatic rings. The van der Waals surface area contributed by atoms with E-state index in [-0.39, 0.29) is 11.8 Å². The number of rotatable bonds is 4. The van der Waals surface area contributed by atoms with E-state index in [0.29, 0.717) is 0 Å². The third kappa shape index (κ3) is 17.1. The van der Waals surface area contributed by atoms with E-state index in [4.69, 9.17) is 28.7 Å². The summed E-state index contributed by atoms with van der Waals surface area (Å²) in [4.78, 5) is 19.9. The van der Waals surface area contributed by atoms with Gasteiger partial charge in [-0.05, 0) is 12.1 Å². The van der Waals surface area contributed by atoms with Crippen LogP contribution >= 0.6 is 0 Å². The molecule has 8 nitrogen and oxygen atoms in total. The summed E-state index contributed by atoms with van der Waals surface area (Å²) in [6.45, 7) is 6.86. The van der Waals surface area contributed by atoms with Crippen molar-refractivity contribution in [1.29, 1.82) is 0 Å². The Kier molecular flexibility index (Phi) is 16.5. The number of hydrogen-bond donors (Lipinski definition) is 2. The Balaban J connectivity index is -0.000000224. The summed E-state index contributed by atoms with van der Waals surface area (Å²) in [5.41, 5.74) is 13.8. The zero-order valence-corrected chi connectivity index (χ0v) is 13.1. The van der Waals surface area contributed by atoms with Gasteiger partial charge in [0.15, 0.2) is 0 Å². The first-order chi connectivity index (χ1) is 8.52. The third-order valence-corrected chi connectivity index (χ3v) is 1.87. The summed E-state index contributed by atoms with van der Waals surface area (Å²) in [6.07, 6.45) is 0. The van der Waals surface area contributed by atoms with Gasteiger partial charge >= 0.3 is 24.6 Å². The van der Waals surface area contributed by atoms with Gasteiger partial charge < -0.3 is 21.7 Å². The molecule has 0 heterocycles. The van der Waals surface area contributed by atoms with Gasteiger partial charge in [0.1, 0.15) is 0 Å². The zero-order valence-electron chi connectivity index (χ0n) is 11.2. The average molecular weight is 363 g/mol. The van der Waals surface area contributed by atoms with E-state index in [1.807, 2.05) is 0 Å². The van der Waals surface area contributed by atoms with E-state index in [1.165, 1.54) is 0 Å². The Morgan fingerprint density at radius 1 is 0.842 bits per heavy atom. The molecule has 0 fully saturated rings.